The van der Waals surface area contributed by atoms with E-state index < -0.39 is 0 Å². The van der Waals surface area contributed by atoms with Crippen LogP contribution in [-0.4, -0.2) is 6.67 Å². The Kier molecular flexibility index (Phi) is 3.43. The van der Waals surface area contributed by atoms with Gasteiger partial charge in [-0.25, -0.2) is 0 Å². The molecule has 0 saturated heterocycles. The molecule has 0 aromatic heterocycles. The lowest BCUT2D eigenvalue weighted by Gasteiger charge is -2.08. The van der Waals surface area contributed by atoms with Crippen molar-refractivity contribution in [3.63, 3.8) is 0 Å². The van der Waals surface area contributed by atoms with Crippen molar-refractivity contribution in [1.29, 1.82) is 0 Å². The minimum atomic E-state index is -0.381. The Labute approximate surface area is 71.8 Å². The molecule has 0 fully saturated rings. The van der Waals surface area contributed by atoms with E-state index in [-0.39, 0.29) is 12.6 Å². The maximum atomic E-state index is 12.3. The van der Waals surface area contributed by atoms with Gasteiger partial charge in [0.2, 0.25) is 0 Å². The van der Waals surface area contributed by atoms with Crippen LogP contribution in [0.25, 0.3) is 0 Å². The summed E-state index contributed by atoms with van der Waals surface area (Å²) in [6, 6.07) is 9.51. The van der Waals surface area contributed by atoms with Gasteiger partial charge in [0.25, 0.3) is 0 Å². The Hall–Kier alpha value is -0.500. The molecule has 1 aromatic rings. The van der Waals surface area contributed by atoms with Crippen LogP contribution in [0.5, 0.6) is 0 Å². The quantitative estimate of drug-likeness (QED) is 0.661. The normalized spacial score (nSPS) is 12.9. The summed E-state index contributed by atoms with van der Waals surface area (Å²) < 4.78 is 12.3. The van der Waals surface area contributed by atoms with Crippen molar-refractivity contribution in [3.05, 3.63) is 41.6 Å². The molecule has 11 heavy (non-hydrogen) atoms. The number of hydrogen-bond donors (Lipinski definition) is 1. The molecule has 1 rings (SSSR count). The zero-order chi connectivity index (χ0) is 8.10. The molecule has 0 amide bonds. The predicted molar refractivity (Wildman–Crippen MR) is 48.4 cm³/mol. The van der Waals surface area contributed by atoms with E-state index in [4.69, 9.17) is 0 Å². The Morgan fingerprint density at radius 3 is 2.45 bits per heavy atom. The molecule has 0 nitrogen and oxygen atoms in total. The van der Waals surface area contributed by atoms with Gasteiger partial charge in [-0.2, -0.15) is 12.6 Å². The largest absolute Gasteiger partial charge is 0.250 e. The van der Waals surface area contributed by atoms with Crippen LogP contribution in [0.4, 0.5) is 4.39 Å². The van der Waals surface area contributed by atoms with E-state index in [2.05, 4.69) is 12.6 Å². The summed E-state index contributed by atoms with van der Waals surface area (Å²) in [6.07, 6.45) is 0. The maximum absolute atomic E-state index is 12.3. The molecule has 0 aliphatic carbocycles. The highest BCUT2D eigenvalue weighted by Gasteiger charge is 2.07. The molecule has 59 valence electrons. The van der Waals surface area contributed by atoms with Gasteiger partial charge >= 0.3 is 0 Å². The predicted octanol–water partition coefficient (Wildman–Crippen LogP) is 2.83. The Morgan fingerprint density at radius 1 is 1.36 bits per heavy atom. The third-order valence-electron chi connectivity index (χ3n) is 1.57. The first kappa shape index (κ1) is 8.60. The van der Waals surface area contributed by atoms with Gasteiger partial charge < -0.3 is 0 Å². The molecule has 0 heterocycles. The third-order valence-corrected chi connectivity index (χ3v) is 1.93. The van der Waals surface area contributed by atoms with Gasteiger partial charge in [0, 0.05) is 11.7 Å². The molecule has 1 radical (unpaired) electrons. The average Bonchev–Trinajstić information content (AvgIpc) is 2.09. The summed E-state index contributed by atoms with van der Waals surface area (Å²) in [6.45, 7) is -0.381. The van der Waals surface area contributed by atoms with E-state index in [9.17, 15) is 4.39 Å². The summed E-state index contributed by atoms with van der Waals surface area (Å²) in [5, 5.41) is 0. The van der Waals surface area contributed by atoms with Crippen molar-refractivity contribution in [2.45, 2.75) is 5.92 Å². The number of rotatable bonds is 3. The second-order valence-corrected chi connectivity index (χ2v) is 2.62. The van der Waals surface area contributed by atoms with Gasteiger partial charge in [0.1, 0.15) is 0 Å². The van der Waals surface area contributed by atoms with Crippen LogP contribution in [0, 0.1) is 5.75 Å². The van der Waals surface area contributed by atoms with E-state index in [0.717, 1.165) is 5.56 Å². The second kappa shape index (κ2) is 4.39. The average molecular weight is 169 g/mol. The minimum Gasteiger partial charge on any atom is -0.250 e. The van der Waals surface area contributed by atoms with Crippen LogP contribution in [0.15, 0.2) is 30.3 Å². The van der Waals surface area contributed by atoms with Crippen molar-refractivity contribution < 1.29 is 4.39 Å². The first-order chi connectivity index (χ1) is 5.38. The van der Waals surface area contributed by atoms with E-state index in [1.54, 1.807) is 5.75 Å². The molecular formula is C9H10FS. The fraction of sp³-hybridized carbons (Fsp3) is 0.222. The molecule has 0 saturated carbocycles. The summed E-state index contributed by atoms with van der Waals surface area (Å²) in [4.78, 5) is 0. The maximum Gasteiger partial charge on any atom is 0.0973 e. The van der Waals surface area contributed by atoms with Crippen molar-refractivity contribution in [2.24, 2.45) is 0 Å². The van der Waals surface area contributed by atoms with E-state index in [1.807, 2.05) is 30.3 Å². The van der Waals surface area contributed by atoms with Gasteiger partial charge in [0.05, 0.1) is 6.67 Å². The zero-order valence-electron chi connectivity index (χ0n) is 6.07. The van der Waals surface area contributed by atoms with Crippen LogP contribution < -0.4 is 0 Å². The van der Waals surface area contributed by atoms with Crippen LogP contribution in [-0.2, 0) is 0 Å². The first-order valence-corrected chi connectivity index (χ1v) is 3.98. The monoisotopic (exact) mass is 169 g/mol. The van der Waals surface area contributed by atoms with Crippen LogP contribution >= 0.6 is 12.6 Å². The molecule has 1 unspecified atom stereocenters. The van der Waals surface area contributed by atoms with Crippen molar-refractivity contribution in [1.82, 2.24) is 0 Å². The summed E-state index contributed by atoms with van der Waals surface area (Å²) in [5.41, 5.74) is 0.977. The Morgan fingerprint density at radius 2 is 2.00 bits per heavy atom. The number of hydrogen-bond acceptors (Lipinski definition) is 1. The fourth-order valence-electron chi connectivity index (χ4n) is 0.915. The van der Waals surface area contributed by atoms with Crippen molar-refractivity contribution in [2.75, 3.05) is 6.67 Å². The van der Waals surface area contributed by atoms with Crippen molar-refractivity contribution >= 4 is 12.6 Å². The first-order valence-electron chi connectivity index (χ1n) is 3.47. The molecule has 0 bridgehead atoms. The lowest BCUT2D eigenvalue weighted by atomic mass is 10.0. The molecule has 1 aromatic carbocycles. The third kappa shape index (κ3) is 2.22. The molecule has 2 heteroatoms. The highest BCUT2D eigenvalue weighted by molar-refractivity contribution is 7.82. The highest BCUT2D eigenvalue weighted by Crippen LogP contribution is 2.20. The number of thiol groups is 1. The highest BCUT2D eigenvalue weighted by atomic mass is 32.1. The number of benzene rings is 1. The van der Waals surface area contributed by atoms with Gasteiger partial charge in [-0.3, -0.25) is 4.39 Å². The minimum absolute atomic E-state index is 0.167. The number of alkyl halides is 1. The van der Waals surface area contributed by atoms with Crippen LogP contribution in [0.1, 0.15) is 11.5 Å². The number of halogens is 1. The van der Waals surface area contributed by atoms with Crippen LogP contribution in [0.3, 0.4) is 0 Å². The van der Waals surface area contributed by atoms with Gasteiger partial charge in [-0.1, -0.05) is 30.3 Å². The van der Waals surface area contributed by atoms with Gasteiger partial charge in [-0.05, 0) is 5.56 Å². The van der Waals surface area contributed by atoms with Crippen LogP contribution in [0.2, 0.25) is 0 Å². The standard InChI is InChI=1S/C9H10FS/c10-6-9(7-11)8-4-2-1-3-5-8/h1-5,7,9,11H,6H2. The van der Waals surface area contributed by atoms with E-state index in [1.165, 1.54) is 0 Å². The molecule has 0 aliphatic heterocycles. The lowest BCUT2D eigenvalue weighted by Crippen LogP contribution is -1.97. The van der Waals surface area contributed by atoms with E-state index in [0.29, 0.717) is 0 Å². The Balaban J connectivity index is 2.74. The van der Waals surface area contributed by atoms with Crippen molar-refractivity contribution in [3.8, 4) is 0 Å². The topological polar surface area (TPSA) is 0 Å². The SMILES string of the molecule is FCC([CH]S)c1ccccc1. The summed E-state index contributed by atoms with van der Waals surface area (Å²) >= 11 is 3.94. The van der Waals surface area contributed by atoms with Gasteiger partial charge in [0.15, 0.2) is 0 Å². The Bertz CT molecular complexity index is 194. The second-order valence-electron chi connectivity index (χ2n) is 2.32. The fourth-order valence-corrected chi connectivity index (χ4v) is 1.17. The van der Waals surface area contributed by atoms with Gasteiger partial charge in [-0.15, -0.1) is 0 Å². The zero-order valence-corrected chi connectivity index (χ0v) is 6.97. The molecule has 1 atom stereocenters. The molecule has 0 spiro atoms. The summed E-state index contributed by atoms with van der Waals surface area (Å²) in [5.74, 6) is 1.41. The molecular weight excluding hydrogens is 159 g/mol. The summed E-state index contributed by atoms with van der Waals surface area (Å²) in [7, 11) is 0. The smallest absolute Gasteiger partial charge is 0.0973 e. The lowest BCUT2D eigenvalue weighted by molar-refractivity contribution is 0.463. The van der Waals surface area contributed by atoms with E-state index >= 15 is 0 Å². The molecule has 0 aliphatic rings. The molecule has 0 N–H and O–H groups in total.